The van der Waals surface area contributed by atoms with Crippen LogP contribution in [0.15, 0.2) is 30.3 Å². The van der Waals surface area contributed by atoms with Crippen LogP contribution in [0.1, 0.15) is 25.3 Å². The van der Waals surface area contributed by atoms with Crippen LogP contribution in [0.5, 0.6) is 0 Å². The minimum Gasteiger partial charge on any atom is -0.478 e. The molecule has 0 amide bonds. The summed E-state index contributed by atoms with van der Waals surface area (Å²) in [5.74, 6) is -2.33. The molecule has 0 aliphatic heterocycles. The molecule has 0 radical (unpaired) electrons. The molecule has 1 aromatic carbocycles. The molecule has 0 aromatic heterocycles. The van der Waals surface area contributed by atoms with Crippen molar-refractivity contribution in [3.05, 3.63) is 35.9 Å². The van der Waals surface area contributed by atoms with Gasteiger partial charge in [-0.25, -0.2) is 4.79 Å². The molecule has 0 spiro atoms. The quantitative estimate of drug-likeness (QED) is 0.524. The number of Topliss-reactive ketones (excluding diaryl/α,β-unsaturated/α-hetero) is 1. The lowest BCUT2D eigenvalue weighted by atomic mass is 9.96. The molecule has 0 bridgehead atoms. The number of ether oxygens (including phenoxy) is 2. The van der Waals surface area contributed by atoms with Gasteiger partial charge in [-0.05, 0) is 12.0 Å². The molecule has 0 heterocycles. The lowest BCUT2D eigenvalue weighted by molar-refractivity contribution is -0.166. The first-order valence-electron chi connectivity index (χ1n) is 7.00. The number of carboxylic acid groups (broad SMARTS) is 1. The Kier molecular flexibility index (Phi) is 7.23. The predicted molar refractivity (Wildman–Crippen MR) is 77.9 cm³/mol. The van der Waals surface area contributed by atoms with Crippen molar-refractivity contribution in [3.8, 4) is 6.07 Å². The molecule has 1 N–H and O–H groups in total. The van der Waals surface area contributed by atoms with Crippen molar-refractivity contribution >= 4 is 11.8 Å². The highest BCUT2D eigenvalue weighted by Gasteiger charge is 2.47. The van der Waals surface area contributed by atoms with Crippen LogP contribution in [0.2, 0.25) is 0 Å². The van der Waals surface area contributed by atoms with Crippen LogP contribution >= 0.6 is 0 Å². The summed E-state index contributed by atoms with van der Waals surface area (Å²) >= 11 is 0. The van der Waals surface area contributed by atoms with Crippen molar-refractivity contribution in [2.24, 2.45) is 0 Å². The van der Waals surface area contributed by atoms with Gasteiger partial charge in [0.2, 0.25) is 0 Å². The molecule has 1 aromatic rings. The minimum absolute atomic E-state index is 0.0231. The summed E-state index contributed by atoms with van der Waals surface area (Å²) in [7, 11) is 0. The number of benzene rings is 1. The SMILES string of the molecule is CCCC(=O)C(C#N)(OCCOCc1ccccc1)C(=O)O. The molecule has 0 aliphatic carbocycles. The number of nitrogens with zero attached hydrogens (tertiary/aromatic N) is 1. The second kappa shape index (κ2) is 8.93. The van der Waals surface area contributed by atoms with Crippen LogP contribution in [-0.2, 0) is 25.7 Å². The number of nitriles is 1. The fourth-order valence-corrected chi connectivity index (χ4v) is 1.82. The van der Waals surface area contributed by atoms with Crippen LogP contribution in [0, 0.1) is 11.3 Å². The maximum atomic E-state index is 11.9. The molecule has 6 nitrogen and oxygen atoms in total. The lowest BCUT2D eigenvalue weighted by Gasteiger charge is -2.20. The number of carboxylic acids is 1. The molecule has 118 valence electrons. The third kappa shape index (κ3) is 4.65. The largest absolute Gasteiger partial charge is 0.478 e. The van der Waals surface area contributed by atoms with E-state index in [0.717, 1.165) is 5.56 Å². The lowest BCUT2D eigenvalue weighted by Crippen LogP contribution is -2.48. The number of aliphatic carboxylic acids is 1. The molecule has 0 aliphatic rings. The smallest absolute Gasteiger partial charge is 0.359 e. The topological polar surface area (TPSA) is 96.6 Å². The van der Waals surface area contributed by atoms with E-state index < -0.39 is 17.4 Å². The Bertz CT molecular complexity index is 537. The summed E-state index contributed by atoms with van der Waals surface area (Å²) in [6.45, 7) is 2.01. The van der Waals surface area contributed by atoms with Gasteiger partial charge in [-0.2, -0.15) is 5.26 Å². The predicted octanol–water partition coefficient (Wildman–Crippen LogP) is 1.94. The monoisotopic (exact) mass is 305 g/mol. The van der Waals surface area contributed by atoms with Crippen LogP contribution in [0.3, 0.4) is 0 Å². The van der Waals surface area contributed by atoms with E-state index >= 15 is 0 Å². The van der Waals surface area contributed by atoms with Gasteiger partial charge in [0.25, 0.3) is 0 Å². The zero-order chi connectivity index (χ0) is 16.4. The highest BCUT2D eigenvalue weighted by molar-refractivity contribution is 6.09. The van der Waals surface area contributed by atoms with Crippen molar-refractivity contribution in [1.29, 1.82) is 5.26 Å². The third-order valence-corrected chi connectivity index (χ3v) is 2.99. The van der Waals surface area contributed by atoms with E-state index in [-0.39, 0.29) is 19.6 Å². The van der Waals surface area contributed by atoms with E-state index in [1.165, 1.54) is 6.07 Å². The average Bonchev–Trinajstić information content (AvgIpc) is 2.52. The van der Waals surface area contributed by atoms with E-state index in [0.29, 0.717) is 13.0 Å². The van der Waals surface area contributed by atoms with Crippen molar-refractivity contribution in [2.45, 2.75) is 32.0 Å². The Balaban J connectivity index is 2.49. The average molecular weight is 305 g/mol. The Hall–Kier alpha value is -2.23. The highest BCUT2D eigenvalue weighted by Crippen LogP contribution is 2.16. The molecule has 0 saturated carbocycles. The standard InChI is InChI=1S/C16H19NO5/c1-2-6-14(18)16(12-17,15(19)20)22-10-9-21-11-13-7-4-3-5-8-13/h3-5,7-8H,2,6,9-11H2,1H3,(H,19,20). The minimum atomic E-state index is -2.44. The van der Waals surface area contributed by atoms with Crippen LogP contribution < -0.4 is 0 Å². The summed E-state index contributed by atoms with van der Waals surface area (Å²) in [6, 6.07) is 10.9. The van der Waals surface area contributed by atoms with Gasteiger partial charge in [-0.15, -0.1) is 0 Å². The summed E-state index contributed by atoms with van der Waals surface area (Å²) in [6.07, 6.45) is 0.425. The van der Waals surface area contributed by atoms with Crippen LogP contribution in [-0.4, -0.2) is 35.7 Å². The summed E-state index contributed by atoms with van der Waals surface area (Å²) < 4.78 is 10.4. The molecule has 6 heteroatoms. The van der Waals surface area contributed by atoms with Gasteiger partial charge in [0.15, 0.2) is 5.78 Å². The van der Waals surface area contributed by atoms with Gasteiger partial charge in [0, 0.05) is 6.42 Å². The Labute approximate surface area is 129 Å². The van der Waals surface area contributed by atoms with Crippen molar-refractivity contribution < 1.29 is 24.2 Å². The molecule has 1 atom stereocenters. The third-order valence-electron chi connectivity index (χ3n) is 2.99. The fourth-order valence-electron chi connectivity index (χ4n) is 1.82. The van der Waals surface area contributed by atoms with Crippen molar-refractivity contribution in [2.75, 3.05) is 13.2 Å². The van der Waals surface area contributed by atoms with Crippen LogP contribution in [0.4, 0.5) is 0 Å². The van der Waals surface area contributed by atoms with E-state index in [4.69, 9.17) is 19.8 Å². The first-order valence-corrected chi connectivity index (χ1v) is 7.00. The summed E-state index contributed by atoms with van der Waals surface area (Å²) in [5, 5.41) is 18.2. The van der Waals surface area contributed by atoms with Crippen LogP contribution in [0.25, 0.3) is 0 Å². The van der Waals surface area contributed by atoms with Crippen molar-refractivity contribution in [3.63, 3.8) is 0 Å². The fraction of sp³-hybridized carbons (Fsp3) is 0.438. The van der Waals surface area contributed by atoms with Gasteiger partial charge < -0.3 is 14.6 Å². The van der Waals surface area contributed by atoms with Gasteiger partial charge in [0.1, 0.15) is 6.07 Å². The molecule has 1 rings (SSSR count). The highest BCUT2D eigenvalue weighted by atomic mass is 16.6. The van der Waals surface area contributed by atoms with E-state index in [1.54, 1.807) is 6.92 Å². The van der Waals surface area contributed by atoms with E-state index in [9.17, 15) is 9.59 Å². The normalized spacial score (nSPS) is 13.1. The summed E-state index contributed by atoms with van der Waals surface area (Å²) in [4.78, 5) is 23.1. The second-order valence-corrected chi connectivity index (χ2v) is 4.66. The number of hydrogen-bond donors (Lipinski definition) is 1. The Morgan fingerprint density at radius 3 is 2.50 bits per heavy atom. The van der Waals surface area contributed by atoms with E-state index in [2.05, 4.69) is 0 Å². The zero-order valence-corrected chi connectivity index (χ0v) is 12.4. The Morgan fingerprint density at radius 2 is 1.95 bits per heavy atom. The zero-order valence-electron chi connectivity index (χ0n) is 12.4. The van der Waals surface area contributed by atoms with Gasteiger partial charge >= 0.3 is 11.6 Å². The molecule has 0 saturated heterocycles. The first-order chi connectivity index (χ1) is 10.6. The van der Waals surface area contributed by atoms with Crippen molar-refractivity contribution in [1.82, 2.24) is 0 Å². The van der Waals surface area contributed by atoms with E-state index in [1.807, 2.05) is 30.3 Å². The molecular formula is C16H19NO5. The number of rotatable bonds is 10. The number of carbonyl (C=O) groups excluding carboxylic acids is 1. The maximum absolute atomic E-state index is 11.9. The second-order valence-electron chi connectivity index (χ2n) is 4.66. The van der Waals surface area contributed by atoms with Gasteiger partial charge in [-0.1, -0.05) is 37.3 Å². The maximum Gasteiger partial charge on any atom is 0.359 e. The van der Waals surface area contributed by atoms with Gasteiger partial charge in [0.05, 0.1) is 19.8 Å². The molecular weight excluding hydrogens is 286 g/mol. The number of ketones is 1. The molecule has 0 fully saturated rings. The first kappa shape index (κ1) is 17.8. The number of carbonyl (C=O) groups is 2. The summed E-state index contributed by atoms with van der Waals surface area (Å²) in [5.41, 5.74) is -1.47. The molecule has 22 heavy (non-hydrogen) atoms. The Morgan fingerprint density at radius 1 is 1.27 bits per heavy atom. The molecule has 1 unspecified atom stereocenters. The van der Waals surface area contributed by atoms with Gasteiger partial charge in [-0.3, -0.25) is 4.79 Å². The number of hydrogen-bond acceptors (Lipinski definition) is 5.